The largest absolute Gasteiger partial charge is 0.308 e. The van der Waals surface area contributed by atoms with Gasteiger partial charge in [-0.25, -0.2) is 4.98 Å². The van der Waals surface area contributed by atoms with Crippen LogP contribution in [0.1, 0.15) is 6.92 Å². The lowest BCUT2D eigenvalue weighted by molar-refractivity contribution is 0.591. The Labute approximate surface area is 152 Å². The first kappa shape index (κ1) is 17.1. The van der Waals surface area contributed by atoms with Crippen LogP contribution in [0.2, 0.25) is 10.0 Å². The number of rotatable bonds is 4. The predicted molar refractivity (Wildman–Crippen MR) is 92.6 cm³/mol. The smallest absolute Gasteiger partial charge is 0.299 e. The van der Waals surface area contributed by atoms with E-state index in [-0.39, 0.29) is 26.3 Å². The predicted octanol–water partition coefficient (Wildman–Crippen LogP) is 2.78. The molecule has 0 fully saturated rings. The SMILES string of the molecule is CCn1cnc2nc(S(=O)(=O)Nc3c(Cl)cccc3Cl)nn2c1=S. The number of aryl methyl sites for hydroxylation is 1. The third-order valence-electron chi connectivity index (χ3n) is 3.09. The van der Waals surface area contributed by atoms with Gasteiger partial charge in [0.05, 0.1) is 15.7 Å². The fourth-order valence-electron chi connectivity index (χ4n) is 1.90. The van der Waals surface area contributed by atoms with Gasteiger partial charge in [0.1, 0.15) is 6.33 Å². The highest BCUT2D eigenvalue weighted by atomic mass is 35.5. The van der Waals surface area contributed by atoms with Crippen LogP contribution in [0.5, 0.6) is 0 Å². The summed E-state index contributed by atoms with van der Waals surface area (Å²) in [5.41, 5.74) is 0.0508. The lowest BCUT2D eigenvalue weighted by Crippen LogP contribution is -2.15. The molecule has 24 heavy (non-hydrogen) atoms. The first-order chi connectivity index (χ1) is 11.3. The summed E-state index contributed by atoms with van der Waals surface area (Å²) in [4.78, 5) is 7.93. The van der Waals surface area contributed by atoms with Crippen LogP contribution in [0, 0.1) is 4.77 Å². The van der Waals surface area contributed by atoms with Crippen molar-refractivity contribution in [3.63, 3.8) is 0 Å². The van der Waals surface area contributed by atoms with Crippen molar-refractivity contribution in [1.82, 2.24) is 24.1 Å². The van der Waals surface area contributed by atoms with Crippen LogP contribution in [0.4, 0.5) is 5.69 Å². The van der Waals surface area contributed by atoms with Crippen molar-refractivity contribution in [2.45, 2.75) is 18.6 Å². The summed E-state index contributed by atoms with van der Waals surface area (Å²) in [6.07, 6.45) is 1.47. The van der Waals surface area contributed by atoms with E-state index >= 15 is 0 Å². The van der Waals surface area contributed by atoms with E-state index in [1.165, 1.54) is 23.0 Å². The standard InChI is InChI=1S/C12H10Cl2N6O2S2/c1-2-19-6-15-10-16-11(17-20(10)12(19)23)24(21,22)18-9-7(13)4-3-5-8(9)14/h3-6,18H,2H2,1H3. The number of anilines is 1. The van der Waals surface area contributed by atoms with Gasteiger partial charge in [-0.15, -0.1) is 5.10 Å². The molecular weight excluding hydrogens is 395 g/mol. The van der Waals surface area contributed by atoms with E-state index in [0.29, 0.717) is 6.54 Å². The molecule has 1 aromatic carbocycles. The molecule has 0 spiro atoms. The fourth-order valence-corrected chi connectivity index (χ4v) is 3.77. The number of aromatic nitrogens is 5. The summed E-state index contributed by atoms with van der Waals surface area (Å²) >= 11 is 17.2. The zero-order valence-corrected chi connectivity index (χ0v) is 15.3. The van der Waals surface area contributed by atoms with Crippen molar-refractivity contribution in [2.75, 3.05) is 4.72 Å². The molecular formula is C12H10Cl2N6O2S2. The minimum Gasteiger partial charge on any atom is -0.308 e. The van der Waals surface area contributed by atoms with Crippen LogP contribution in [-0.2, 0) is 16.6 Å². The number of hydrogen-bond acceptors (Lipinski definition) is 6. The highest BCUT2D eigenvalue weighted by molar-refractivity contribution is 7.92. The van der Waals surface area contributed by atoms with E-state index in [1.807, 2.05) is 6.92 Å². The highest BCUT2D eigenvalue weighted by Gasteiger charge is 2.23. The highest BCUT2D eigenvalue weighted by Crippen LogP contribution is 2.31. The second kappa shape index (κ2) is 6.28. The van der Waals surface area contributed by atoms with E-state index in [0.717, 1.165) is 0 Å². The van der Waals surface area contributed by atoms with E-state index in [2.05, 4.69) is 19.8 Å². The summed E-state index contributed by atoms with van der Waals surface area (Å²) in [6, 6.07) is 4.62. The number of hydrogen-bond donors (Lipinski definition) is 1. The Morgan fingerprint density at radius 3 is 2.58 bits per heavy atom. The van der Waals surface area contributed by atoms with E-state index in [9.17, 15) is 8.42 Å². The summed E-state index contributed by atoms with van der Waals surface area (Å²) < 4.78 is 30.4. The average Bonchev–Trinajstić information content (AvgIpc) is 2.98. The molecule has 0 radical (unpaired) electrons. The van der Waals surface area contributed by atoms with Crippen LogP contribution >= 0.6 is 35.4 Å². The molecule has 8 nitrogen and oxygen atoms in total. The molecule has 0 aliphatic carbocycles. The molecule has 0 atom stereocenters. The van der Waals surface area contributed by atoms with Crippen LogP contribution in [-0.4, -0.2) is 32.6 Å². The first-order valence-corrected chi connectivity index (χ1v) is 9.27. The van der Waals surface area contributed by atoms with Gasteiger partial charge in [0.25, 0.3) is 21.0 Å². The Kier molecular flexibility index (Phi) is 4.47. The van der Waals surface area contributed by atoms with Crippen LogP contribution in [0.25, 0.3) is 5.78 Å². The quantitative estimate of drug-likeness (QED) is 0.671. The van der Waals surface area contributed by atoms with E-state index in [4.69, 9.17) is 35.4 Å². The maximum atomic E-state index is 12.5. The molecule has 0 bridgehead atoms. The van der Waals surface area contributed by atoms with Gasteiger partial charge in [0, 0.05) is 6.54 Å². The molecule has 2 heterocycles. The molecule has 12 heteroatoms. The van der Waals surface area contributed by atoms with Gasteiger partial charge in [-0.1, -0.05) is 29.3 Å². The van der Waals surface area contributed by atoms with Crippen molar-refractivity contribution in [2.24, 2.45) is 0 Å². The summed E-state index contributed by atoms with van der Waals surface area (Å²) in [5, 5.41) is 3.76. The molecule has 0 unspecified atom stereocenters. The Hall–Kier alpha value is -1.75. The molecule has 3 rings (SSSR count). The first-order valence-electron chi connectivity index (χ1n) is 6.62. The number of benzene rings is 1. The zero-order chi connectivity index (χ0) is 17.5. The zero-order valence-electron chi connectivity index (χ0n) is 12.1. The maximum Gasteiger partial charge on any atom is 0.299 e. The molecule has 1 N–H and O–H groups in total. The normalized spacial score (nSPS) is 11.8. The van der Waals surface area contributed by atoms with Gasteiger partial charge < -0.3 is 4.57 Å². The molecule has 126 valence electrons. The number of nitrogens with zero attached hydrogens (tertiary/aromatic N) is 5. The topological polar surface area (TPSA) is 94.2 Å². The van der Waals surface area contributed by atoms with Crippen molar-refractivity contribution in [3.05, 3.63) is 39.3 Å². The summed E-state index contributed by atoms with van der Waals surface area (Å²) in [6.45, 7) is 2.44. The number of fused-ring (bicyclic) bond motifs is 1. The molecule has 0 saturated carbocycles. The average molecular weight is 405 g/mol. The molecule has 2 aromatic heterocycles. The number of sulfonamides is 1. The minimum absolute atomic E-state index is 0.0508. The lowest BCUT2D eigenvalue weighted by Gasteiger charge is -2.08. The molecule has 0 amide bonds. The monoisotopic (exact) mass is 404 g/mol. The maximum absolute atomic E-state index is 12.5. The van der Waals surface area contributed by atoms with Crippen LogP contribution in [0.3, 0.4) is 0 Å². The van der Waals surface area contributed by atoms with Gasteiger partial charge >= 0.3 is 0 Å². The van der Waals surface area contributed by atoms with Gasteiger partial charge in [0.15, 0.2) is 0 Å². The van der Waals surface area contributed by atoms with Gasteiger partial charge in [0.2, 0.25) is 4.77 Å². The third kappa shape index (κ3) is 2.97. The minimum atomic E-state index is -4.11. The van der Waals surface area contributed by atoms with Gasteiger partial charge in [-0.2, -0.15) is 17.9 Å². The lowest BCUT2D eigenvalue weighted by atomic mass is 10.3. The van der Waals surface area contributed by atoms with Gasteiger partial charge in [-0.3, -0.25) is 4.72 Å². The Morgan fingerprint density at radius 2 is 1.96 bits per heavy atom. The van der Waals surface area contributed by atoms with Crippen molar-refractivity contribution < 1.29 is 8.42 Å². The van der Waals surface area contributed by atoms with Gasteiger partial charge in [-0.05, 0) is 31.3 Å². The van der Waals surface area contributed by atoms with Crippen LogP contribution in [0.15, 0.2) is 29.7 Å². The second-order valence-corrected chi connectivity index (χ2v) is 7.38. The Morgan fingerprint density at radius 1 is 1.29 bits per heavy atom. The Balaban J connectivity index is 2.09. The summed E-state index contributed by atoms with van der Waals surface area (Å²) in [5.74, 6) is 0.0790. The van der Waals surface area contributed by atoms with Crippen LogP contribution < -0.4 is 4.72 Å². The van der Waals surface area contributed by atoms with Crippen molar-refractivity contribution in [1.29, 1.82) is 0 Å². The van der Waals surface area contributed by atoms with Crippen molar-refractivity contribution in [3.8, 4) is 0 Å². The van der Waals surface area contributed by atoms with Crippen molar-refractivity contribution >= 4 is 56.9 Å². The number of nitrogens with one attached hydrogen (secondary N) is 1. The summed E-state index contributed by atoms with van der Waals surface area (Å²) in [7, 11) is -4.11. The second-order valence-electron chi connectivity index (χ2n) is 4.62. The fraction of sp³-hybridized carbons (Fsp3) is 0.167. The molecule has 3 aromatic rings. The Bertz CT molecular complexity index is 1070. The number of para-hydroxylation sites is 1. The molecule has 0 aliphatic heterocycles. The number of halogens is 2. The molecule has 0 saturated heterocycles. The van der Waals surface area contributed by atoms with E-state index < -0.39 is 15.2 Å². The third-order valence-corrected chi connectivity index (χ3v) is 5.25. The molecule has 0 aliphatic rings. The van der Waals surface area contributed by atoms with E-state index in [1.54, 1.807) is 10.6 Å².